The van der Waals surface area contributed by atoms with Gasteiger partial charge < -0.3 is 52.5 Å². The Kier molecular flexibility index (Phi) is 20.7. The Morgan fingerprint density at radius 1 is 0.494 bits per heavy atom. The van der Waals surface area contributed by atoms with Gasteiger partial charge in [-0.2, -0.15) is 8.42 Å². The molecule has 1 aromatic heterocycles. The van der Waals surface area contributed by atoms with Crippen LogP contribution in [0.15, 0.2) is 203 Å². The van der Waals surface area contributed by atoms with E-state index in [1.165, 1.54) is 29.0 Å². The summed E-state index contributed by atoms with van der Waals surface area (Å²) in [6.07, 6.45) is -9.80. The Labute approximate surface area is 458 Å². The molecule has 19 heteroatoms. The number of aliphatic hydroxyl groups excluding tert-OH is 1. The Morgan fingerprint density at radius 2 is 0.975 bits per heavy atom. The number of hydrogen-bond acceptors (Lipinski definition) is 16. The van der Waals surface area contributed by atoms with Gasteiger partial charge in [0.15, 0.2) is 12.5 Å². The monoisotopic (exact) mass is 1100 g/mol. The third kappa shape index (κ3) is 15.9. The van der Waals surface area contributed by atoms with Crippen molar-refractivity contribution in [2.24, 2.45) is 0 Å². The van der Waals surface area contributed by atoms with Gasteiger partial charge in [0.05, 0.1) is 51.1 Å². The Morgan fingerprint density at radius 3 is 1.51 bits per heavy atom. The van der Waals surface area contributed by atoms with Crippen LogP contribution in [0.25, 0.3) is 0 Å². The molecule has 6 aromatic carbocycles. The van der Waals surface area contributed by atoms with Crippen LogP contribution in [0.3, 0.4) is 0 Å². The predicted molar refractivity (Wildman–Crippen MR) is 287 cm³/mol. The van der Waals surface area contributed by atoms with Gasteiger partial charge in [-0.05, 0) is 46.9 Å². The van der Waals surface area contributed by atoms with Crippen LogP contribution < -0.4 is 11.2 Å². The van der Waals surface area contributed by atoms with E-state index in [1.807, 2.05) is 159 Å². The molecule has 1 N–H and O–H groups in total. The van der Waals surface area contributed by atoms with E-state index < -0.39 is 83.2 Å². The smallest absolute Gasteiger partial charge is 0.335 e. The highest BCUT2D eigenvalue weighted by molar-refractivity contribution is 7.86. The first kappa shape index (κ1) is 57.2. The van der Waals surface area contributed by atoms with Crippen molar-refractivity contribution in [2.75, 3.05) is 26.8 Å². The lowest BCUT2D eigenvalue weighted by molar-refractivity contribution is -0.323. The minimum Gasteiger partial charge on any atom is -0.387 e. The van der Waals surface area contributed by atoms with E-state index in [2.05, 4.69) is 0 Å². The van der Waals surface area contributed by atoms with E-state index >= 15 is 0 Å². The fourth-order valence-electron chi connectivity index (χ4n) is 9.02. The van der Waals surface area contributed by atoms with Crippen LogP contribution in [-0.4, -0.2) is 98.5 Å². The van der Waals surface area contributed by atoms with Crippen molar-refractivity contribution in [2.45, 2.75) is 107 Å². The molecule has 0 spiro atoms. The normalized spacial score (nSPS) is 22.2. The van der Waals surface area contributed by atoms with E-state index in [9.17, 15) is 23.1 Å². The van der Waals surface area contributed by atoms with Crippen LogP contribution in [0.1, 0.15) is 39.6 Å². The molecule has 2 aliphatic rings. The Bertz CT molecular complexity index is 3160. The van der Waals surface area contributed by atoms with Crippen LogP contribution in [0, 0.1) is 6.92 Å². The van der Waals surface area contributed by atoms with E-state index in [1.54, 1.807) is 12.1 Å². The van der Waals surface area contributed by atoms with Crippen molar-refractivity contribution in [3.8, 4) is 0 Å². The average Bonchev–Trinajstić information content (AvgIpc) is 3.82. The standard InChI is InChI=1S/C60H64N2O16S/c1-43-27-29-49(30-28-43)79(66,67)76-39-50-53(64)55(71-36-47-23-13-5-14-24-47)57(72-37-48-25-15-6-16-26-48)59(78-50)73-38-51-54(74-41-69-34-45-19-9-3-10-20-45)56(75-42-70-35-46-21-11-4-12-22-46)58(77-51)61-32-31-52(63)62(60(61)65)40-68-33-44-17-7-2-8-18-44/h2-32,50-51,53-59,64H,33-42H2,1H3/t50-,51+,53-,54+,55+,56+,57+,58+,59-/m0/s1. The van der Waals surface area contributed by atoms with Crippen LogP contribution in [-0.2, 0) is 101 Å². The van der Waals surface area contributed by atoms with E-state index in [-0.39, 0.29) is 64.9 Å². The van der Waals surface area contributed by atoms with Crippen molar-refractivity contribution in [1.82, 2.24) is 9.13 Å². The maximum absolute atomic E-state index is 14.5. The average molecular weight is 1100 g/mol. The van der Waals surface area contributed by atoms with Gasteiger partial charge in [0, 0.05) is 12.3 Å². The summed E-state index contributed by atoms with van der Waals surface area (Å²) in [6, 6.07) is 54.4. The second-order valence-electron chi connectivity index (χ2n) is 18.9. The number of aliphatic hydroxyl groups is 1. The molecule has 0 unspecified atom stereocenters. The lowest BCUT2D eigenvalue weighted by Gasteiger charge is -2.44. The SMILES string of the molecule is Cc1ccc(S(=O)(=O)OC[C@@H]2O[C@H](OC[C@H]3O[C@@H](n4ccc(=O)n(COCc5ccccc5)c4=O)[C@H](OCOCc4ccccc4)[C@@H]3OCOCc3ccccc3)[C@H](OCc3ccccc3)[C@H](OCc3ccccc3)[C@H]2O)cc1. The summed E-state index contributed by atoms with van der Waals surface area (Å²) < 4.78 is 99.0. The molecule has 9 atom stereocenters. The van der Waals surface area contributed by atoms with Crippen LogP contribution in [0.5, 0.6) is 0 Å². The minimum absolute atomic E-state index is 0.0294. The minimum atomic E-state index is -4.34. The zero-order valence-corrected chi connectivity index (χ0v) is 44.4. The van der Waals surface area contributed by atoms with Crippen LogP contribution >= 0.6 is 0 Å². The van der Waals surface area contributed by atoms with E-state index in [0.29, 0.717) is 0 Å². The molecule has 2 aliphatic heterocycles. The van der Waals surface area contributed by atoms with Crippen molar-refractivity contribution in [3.63, 3.8) is 0 Å². The Balaban J connectivity index is 1.03. The largest absolute Gasteiger partial charge is 0.387 e. The molecule has 2 saturated heterocycles. The van der Waals surface area contributed by atoms with Gasteiger partial charge in [0.1, 0.15) is 63.0 Å². The van der Waals surface area contributed by atoms with Gasteiger partial charge in [0.2, 0.25) is 0 Å². The number of aromatic nitrogens is 2. The quantitative estimate of drug-likeness (QED) is 0.0293. The Hall–Kier alpha value is -6.53. The predicted octanol–water partition coefficient (Wildman–Crippen LogP) is 7.19. The van der Waals surface area contributed by atoms with E-state index in [0.717, 1.165) is 37.9 Å². The van der Waals surface area contributed by atoms with Crippen molar-refractivity contribution < 1.29 is 65.1 Å². The molecule has 79 heavy (non-hydrogen) atoms. The van der Waals surface area contributed by atoms with Gasteiger partial charge >= 0.3 is 5.69 Å². The first-order valence-electron chi connectivity index (χ1n) is 25.9. The molecule has 0 bridgehead atoms. The van der Waals surface area contributed by atoms with Gasteiger partial charge in [0.25, 0.3) is 15.7 Å². The van der Waals surface area contributed by atoms with Gasteiger partial charge in [-0.25, -0.2) is 9.36 Å². The van der Waals surface area contributed by atoms with Gasteiger partial charge in [-0.15, -0.1) is 0 Å². The van der Waals surface area contributed by atoms with Gasteiger partial charge in [-0.1, -0.05) is 169 Å². The summed E-state index contributed by atoms with van der Waals surface area (Å²) in [6.45, 7) is 0.538. The molecule has 0 saturated carbocycles. The molecule has 18 nitrogen and oxygen atoms in total. The molecule has 2 fully saturated rings. The zero-order chi connectivity index (χ0) is 54.8. The highest BCUT2D eigenvalue weighted by Gasteiger charge is 2.51. The first-order chi connectivity index (χ1) is 38.6. The van der Waals surface area contributed by atoms with Crippen molar-refractivity contribution in [3.05, 3.63) is 242 Å². The second kappa shape index (κ2) is 28.6. The highest BCUT2D eigenvalue weighted by Crippen LogP contribution is 2.36. The maximum atomic E-state index is 14.5. The molecule has 0 radical (unpaired) electrons. The lowest BCUT2D eigenvalue weighted by atomic mass is 9.98. The number of aryl methyl sites for hydroxylation is 1. The molecule has 416 valence electrons. The van der Waals surface area contributed by atoms with Crippen LogP contribution in [0.4, 0.5) is 0 Å². The molecule has 7 aromatic rings. The first-order valence-corrected chi connectivity index (χ1v) is 27.3. The number of ether oxygens (including phenoxy) is 10. The topological polar surface area (TPSA) is 200 Å². The number of rotatable bonds is 28. The summed E-state index contributed by atoms with van der Waals surface area (Å²) in [5.41, 5.74) is 3.70. The maximum Gasteiger partial charge on any atom is 0.335 e. The fraction of sp³-hybridized carbons (Fsp3) is 0.333. The second-order valence-corrected chi connectivity index (χ2v) is 20.5. The third-order valence-electron chi connectivity index (χ3n) is 13.2. The molecule has 3 heterocycles. The van der Waals surface area contributed by atoms with Gasteiger partial charge in [-0.3, -0.25) is 13.5 Å². The summed E-state index contributed by atoms with van der Waals surface area (Å²) in [5.74, 6) is 0. The third-order valence-corrected chi connectivity index (χ3v) is 14.5. The molecule has 0 aliphatic carbocycles. The number of hydrogen-bond donors (Lipinski definition) is 1. The highest BCUT2D eigenvalue weighted by atomic mass is 32.2. The summed E-state index contributed by atoms with van der Waals surface area (Å²) in [7, 11) is -4.34. The molecule has 0 amide bonds. The number of nitrogens with zero attached hydrogens (tertiary/aromatic N) is 2. The van der Waals surface area contributed by atoms with Crippen molar-refractivity contribution in [1.29, 1.82) is 0 Å². The molecular weight excluding hydrogens is 1040 g/mol. The fourth-order valence-corrected chi connectivity index (χ4v) is 9.94. The van der Waals surface area contributed by atoms with Crippen LogP contribution in [0.2, 0.25) is 0 Å². The van der Waals surface area contributed by atoms with E-state index in [4.69, 9.17) is 51.6 Å². The lowest BCUT2D eigenvalue weighted by Crippen LogP contribution is -2.61. The van der Waals surface area contributed by atoms with Crippen molar-refractivity contribution >= 4 is 10.1 Å². The summed E-state index contributed by atoms with van der Waals surface area (Å²) in [5, 5.41) is 12.2. The number of benzene rings is 6. The summed E-state index contributed by atoms with van der Waals surface area (Å²) in [4.78, 5) is 27.8. The molecular formula is C60H64N2O16S. The molecule has 9 rings (SSSR count). The summed E-state index contributed by atoms with van der Waals surface area (Å²) >= 11 is 0. The zero-order valence-electron chi connectivity index (χ0n) is 43.5.